The molecule has 2 aromatic rings. The molecule has 1 saturated heterocycles. The maximum Gasteiger partial charge on any atom is 0.259 e. The first-order chi connectivity index (χ1) is 13.0. The van der Waals surface area contributed by atoms with E-state index in [0.29, 0.717) is 48.5 Å². The van der Waals surface area contributed by atoms with Crippen molar-refractivity contribution in [3.05, 3.63) is 28.7 Å². The number of amides is 1. The Morgan fingerprint density at radius 3 is 2.78 bits per heavy atom. The summed E-state index contributed by atoms with van der Waals surface area (Å²) in [6, 6.07) is 0. The smallest absolute Gasteiger partial charge is 0.259 e. The molecule has 2 fully saturated rings. The van der Waals surface area contributed by atoms with Gasteiger partial charge in [0.1, 0.15) is 11.3 Å². The summed E-state index contributed by atoms with van der Waals surface area (Å²) in [4.78, 5) is 19.7. The fourth-order valence-corrected chi connectivity index (χ4v) is 3.99. The fourth-order valence-electron chi connectivity index (χ4n) is 3.99. The van der Waals surface area contributed by atoms with Crippen molar-refractivity contribution in [3.63, 3.8) is 0 Å². The van der Waals surface area contributed by atoms with Gasteiger partial charge in [0, 0.05) is 32.7 Å². The van der Waals surface area contributed by atoms with Crippen molar-refractivity contribution in [1.82, 2.24) is 20.2 Å². The van der Waals surface area contributed by atoms with Crippen LogP contribution in [0, 0.1) is 13.8 Å². The van der Waals surface area contributed by atoms with Gasteiger partial charge in [0.2, 0.25) is 5.89 Å². The van der Waals surface area contributed by atoms with Gasteiger partial charge < -0.3 is 18.7 Å². The standard InChI is InChI=1S/C19H26N4O4/c1-12-15(13(2)26-21-12)17(24)23-9-4-7-19(11-23,8-10-25-3)18-20-16(27-22-18)14-5-6-14/h14H,4-11H2,1-3H3. The molecule has 2 aromatic heterocycles. The topological polar surface area (TPSA) is 94.5 Å². The summed E-state index contributed by atoms with van der Waals surface area (Å²) in [6.45, 7) is 5.40. The van der Waals surface area contributed by atoms with E-state index in [0.717, 1.165) is 38.0 Å². The van der Waals surface area contributed by atoms with Crippen LogP contribution < -0.4 is 0 Å². The van der Waals surface area contributed by atoms with Crippen molar-refractivity contribution in [2.75, 3.05) is 26.8 Å². The van der Waals surface area contributed by atoms with Crippen LogP contribution in [-0.2, 0) is 10.2 Å². The molecule has 1 aliphatic heterocycles. The number of piperidine rings is 1. The van der Waals surface area contributed by atoms with Crippen LogP contribution in [0.4, 0.5) is 0 Å². The molecule has 4 rings (SSSR count). The van der Waals surface area contributed by atoms with Gasteiger partial charge in [-0.2, -0.15) is 4.98 Å². The van der Waals surface area contributed by atoms with Crippen molar-refractivity contribution >= 4 is 5.91 Å². The zero-order valence-electron chi connectivity index (χ0n) is 16.2. The second kappa shape index (κ2) is 7.07. The number of aromatic nitrogens is 3. The lowest BCUT2D eigenvalue weighted by Crippen LogP contribution is -2.49. The summed E-state index contributed by atoms with van der Waals surface area (Å²) in [7, 11) is 1.69. The molecule has 1 saturated carbocycles. The van der Waals surface area contributed by atoms with E-state index < -0.39 is 0 Å². The van der Waals surface area contributed by atoms with Gasteiger partial charge in [-0.1, -0.05) is 10.3 Å². The number of aryl methyl sites for hydroxylation is 2. The van der Waals surface area contributed by atoms with Gasteiger partial charge in [-0.25, -0.2) is 0 Å². The molecule has 0 N–H and O–H groups in total. The molecule has 0 aromatic carbocycles. The van der Waals surface area contributed by atoms with Crippen LogP contribution in [0.5, 0.6) is 0 Å². The number of rotatable bonds is 6. The van der Waals surface area contributed by atoms with E-state index >= 15 is 0 Å². The van der Waals surface area contributed by atoms with Gasteiger partial charge >= 0.3 is 0 Å². The Balaban J connectivity index is 1.61. The van der Waals surface area contributed by atoms with Crippen LogP contribution in [0.15, 0.2) is 9.05 Å². The lowest BCUT2D eigenvalue weighted by Gasteiger charge is -2.40. The first kappa shape index (κ1) is 18.2. The fraction of sp³-hybridized carbons (Fsp3) is 0.684. The summed E-state index contributed by atoms with van der Waals surface area (Å²) in [6.07, 6.45) is 4.77. The van der Waals surface area contributed by atoms with Crippen LogP contribution >= 0.6 is 0 Å². The summed E-state index contributed by atoms with van der Waals surface area (Å²) in [5.74, 6) is 2.36. The molecular weight excluding hydrogens is 348 g/mol. The minimum atomic E-state index is -0.348. The van der Waals surface area contributed by atoms with Gasteiger partial charge in [-0.3, -0.25) is 4.79 Å². The summed E-state index contributed by atoms with van der Waals surface area (Å²) in [5, 5.41) is 8.23. The number of likely N-dealkylation sites (tertiary alicyclic amines) is 1. The van der Waals surface area contributed by atoms with Crippen LogP contribution in [0.25, 0.3) is 0 Å². The van der Waals surface area contributed by atoms with Crippen molar-refractivity contribution < 1.29 is 18.6 Å². The number of carbonyl (C=O) groups is 1. The lowest BCUT2D eigenvalue weighted by atomic mass is 9.76. The molecule has 146 valence electrons. The van der Waals surface area contributed by atoms with E-state index in [2.05, 4.69) is 10.3 Å². The maximum absolute atomic E-state index is 13.1. The molecule has 8 nitrogen and oxygen atoms in total. The molecule has 1 atom stereocenters. The van der Waals surface area contributed by atoms with E-state index in [1.165, 1.54) is 0 Å². The molecule has 0 spiro atoms. The van der Waals surface area contributed by atoms with Crippen molar-refractivity contribution in [2.45, 2.75) is 57.3 Å². The molecule has 0 bridgehead atoms. The number of hydrogen-bond donors (Lipinski definition) is 0. The Hall–Kier alpha value is -2.22. The zero-order chi connectivity index (χ0) is 19.0. The SMILES string of the molecule is COCCC1(c2noc(C3CC3)n2)CCCN(C(=O)c2c(C)noc2C)C1. The Morgan fingerprint density at radius 1 is 1.30 bits per heavy atom. The average Bonchev–Trinajstić information content (AvgIpc) is 3.30. The van der Waals surface area contributed by atoms with E-state index in [1.54, 1.807) is 21.0 Å². The average molecular weight is 374 g/mol. The first-order valence-electron chi connectivity index (χ1n) is 9.59. The summed E-state index contributed by atoms with van der Waals surface area (Å²) >= 11 is 0. The highest BCUT2D eigenvalue weighted by Gasteiger charge is 2.44. The van der Waals surface area contributed by atoms with Gasteiger partial charge in [0.15, 0.2) is 5.82 Å². The van der Waals surface area contributed by atoms with Gasteiger partial charge in [0.05, 0.1) is 11.1 Å². The number of ether oxygens (including phenoxy) is 1. The Morgan fingerprint density at radius 2 is 2.11 bits per heavy atom. The van der Waals surface area contributed by atoms with E-state index in [9.17, 15) is 4.79 Å². The molecule has 1 amide bonds. The van der Waals surface area contributed by atoms with Crippen LogP contribution in [0.3, 0.4) is 0 Å². The van der Waals surface area contributed by atoms with Crippen LogP contribution in [0.1, 0.15) is 71.5 Å². The molecule has 1 aliphatic carbocycles. The first-order valence-corrected chi connectivity index (χ1v) is 9.59. The van der Waals surface area contributed by atoms with Crippen molar-refractivity contribution in [1.29, 1.82) is 0 Å². The Labute approximate surface area is 158 Å². The minimum absolute atomic E-state index is 0.0429. The third-order valence-electron chi connectivity index (χ3n) is 5.74. The highest BCUT2D eigenvalue weighted by atomic mass is 16.5. The van der Waals surface area contributed by atoms with Gasteiger partial charge in [-0.15, -0.1) is 0 Å². The second-order valence-electron chi connectivity index (χ2n) is 7.78. The van der Waals surface area contributed by atoms with Crippen LogP contribution in [0.2, 0.25) is 0 Å². The number of nitrogens with zero attached hydrogens (tertiary/aromatic N) is 4. The molecule has 0 radical (unpaired) electrons. The summed E-state index contributed by atoms with van der Waals surface area (Å²) in [5.41, 5.74) is 0.838. The highest BCUT2D eigenvalue weighted by molar-refractivity contribution is 5.96. The van der Waals surface area contributed by atoms with Crippen molar-refractivity contribution in [2.24, 2.45) is 0 Å². The minimum Gasteiger partial charge on any atom is -0.385 e. The normalized spacial score (nSPS) is 23.0. The van der Waals surface area contributed by atoms with Crippen LogP contribution in [-0.4, -0.2) is 52.9 Å². The molecule has 1 unspecified atom stereocenters. The predicted octanol–water partition coefficient (Wildman–Crippen LogP) is 2.76. The molecule has 3 heterocycles. The highest BCUT2D eigenvalue weighted by Crippen LogP contribution is 2.42. The number of hydrogen-bond acceptors (Lipinski definition) is 7. The van der Waals surface area contributed by atoms with Gasteiger partial charge in [0.25, 0.3) is 5.91 Å². The van der Waals surface area contributed by atoms with E-state index in [1.807, 2.05) is 4.90 Å². The Bertz CT molecular complexity index is 806. The summed E-state index contributed by atoms with van der Waals surface area (Å²) < 4.78 is 16.1. The van der Waals surface area contributed by atoms with Gasteiger partial charge in [-0.05, 0) is 46.0 Å². The monoisotopic (exact) mass is 374 g/mol. The third-order valence-corrected chi connectivity index (χ3v) is 5.74. The zero-order valence-corrected chi connectivity index (χ0v) is 16.2. The maximum atomic E-state index is 13.1. The number of methoxy groups -OCH3 is 1. The molecule has 27 heavy (non-hydrogen) atoms. The largest absolute Gasteiger partial charge is 0.385 e. The Kier molecular flexibility index (Phi) is 4.75. The molecule has 2 aliphatic rings. The van der Waals surface area contributed by atoms with E-state index in [-0.39, 0.29) is 11.3 Å². The third kappa shape index (κ3) is 3.38. The molecule has 8 heteroatoms. The van der Waals surface area contributed by atoms with E-state index in [4.69, 9.17) is 18.8 Å². The quantitative estimate of drug-likeness (QED) is 0.767. The second-order valence-corrected chi connectivity index (χ2v) is 7.78. The molecular formula is C19H26N4O4. The van der Waals surface area contributed by atoms with Crippen molar-refractivity contribution in [3.8, 4) is 0 Å². The number of carbonyl (C=O) groups excluding carboxylic acids is 1. The predicted molar refractivity (Wildman–Crippen MR) is 95.6 cm³/mol. The lowest BCUT2D eigenvalue weighted by molar-refractivity contribution is 0.0564.